The summed E-state index contributed by atoms with van der Waals surface area (Å²) in [5, 5.41) is 0.915. The highest BCUT2D eigenvalue weighted by atomic mass is 35.5. The lowest BCUT2D eigenvalue weighted by Gasteiger charge is -2.30. The van der Waals surface area contributed by atoms with Gasteiger partial charge in [0.15, 0.2) is 6.61 Å². The average Bonchev–Trinajstić information content (AvgIpc) is 2.57. The van der Waals surface area contributed by atoms with Gasteiger partial charge in [-0.2, -0.15) is 0 Å². The first-order chi connectivity index (χ1) is 11.4. The van der Waals surface area contributed by atoms with Crippen molar-refractivity contribution in [3.63, 3.8) is 0 Å². The molecule has 5 nitrogen and oxygen atoms in total. The maximum atomic E-state index is 12.2. The summed E-state index contributed by atoms with van der Waals surface area (Å²) in [6.07, 6.45) is 1.19. The van der Waals surface area contributed by atoms with Crippen molar-refractivity contribution < 1.29 is 19.1 Å². The molecule has 0 N–H and O–H groups in total. The second-order valence-corrected chi connectivity index (χ2v) is 6.61. The highest BCUT2D eigenvalue weighted by Gasteiger charge is 2.28. The van der Waals surface area contributed by atoms with E-state index in [1.807, 2.05) is 0 Å². The first-order valence-electron chi connectivity index (χ1n) is 7.64. The van der Waals surface area contributed by atoms with Crippen molar-refractivity contribution in [1.82, 2.24) is 4.90 Å². The molecule has 1 aromatic carbocycles. The number of rotatable bonds is 5. The molecule has 1 saturated heterocycles. The fourth-order valence-electron chi connectivity index (χ4n) is 2.47. The van der Waals surface area contributed by atoms with E-state index in [1.165, 1.54) is 12.1 Å². The topological polar surface area (TPSA) is 55.8 Å². The molecular weight excluding hydrogens is 377 g/mol. The minimum Gasteiger partial charge on any atom is -0.482 e. The van der Waals surface area contributed by atoms with E-state index in [0.29, 0.717) is 53.4 Å². The van der Waals surface area contributed by atoms with Gasteiger partial charge in [-0.25, -0.2) is 0 Å². The predicted molar refractivity (Wildman–Crippen MR) is 92.9 cm³/mol. The number of carbonyl (C=O) groups excluding carboxylic acids is 2. The lowest BCUT2D eigenvalue weighted by atomic mass is 9.97. The van der Waals surface area contributed by atoms with Crippen LogP contribution in [0.15, 0.2) is 12.1 Å². The summed E-state index contributed by atoms with van der Waals surface area (Å²) in [5.74, 6) is -0.192. The Balaban J connectivity index is 1.84. The summed E-state index contributed by atoms with van der Waals surface area (Å²) in [6, 6.07) is 2.95. The van der Waals surface area contributed by atoms with Gasteiger partial charge in [0, 0.05) is 19.2 Å². The van der Waals surface area contributed by atoms with Gasteiger partial charge in [0.2, 0.25) is 0 Å². The lowest BCUT2D eigenvalue weighted by molar-refractivity contribution is -0.151. The van der Waals surface area contributed by atoms with Crippen LogP contribution in [0, 0.1) is 5.92 Å². The third-order valence-corrected chi connectivity index (χ3v) is 4.81. The van der Waals surface area contributed by atoms with Crippen LogP contribution >= 0.6 is 34.8 Å². The Kier molecular flexibility index (Phi) is 7.02. The van der Waals surface area contributed by atoms with E-state index >= 15 is 0 Å². The monoisotopic (exact) mass is 393 g/mol. The molecule has 8 heteroatoms. The number of nitrogens with zero attached hydrogens (tertiary/aromatic N) is 1. The molecule has 24 heavy (non-hydrogen) atoms. The summed E-state index contributed by atoms with van der Waals surface area (Å²) in [7, 11) is 0. The molecule has 0 aliphatic carbocycles. The van der Waals surface area contributed by atoms with Crippen LogP contribution in [0.4, 0.5) is 0 Å². The third kappa shape index (κ3) is 4.91. The maximum Gasteiger partial charge on any atom is 0.309 e. The summed E-state index contributed by atoms with van der Waals surface area (Å²) in [5.41, 5.74) is 0. The van der Waals surface area contributed by atoms with Crippen LogP contribution in [-0.2, 0) is 14.3 Å². The van der Waals surface area contributed by atoms with E-state index in [1.54, 1.807) is 11.8 Å². The normalized spacial score (nSPS) is 15.2. The van der Waals surface area contributed by atoms with Crippen molar-refractivity contribution in [1.29, 1.82) is 0 Å². The van der Waals surface area contributed by atoms with Crippen LogP contribution in [0.5, 0.6) is 5.75 Å². The minimum absolute atomic E-state index is 0.139. The van der Waals surface area contributed by atoms with Crippen LogP contribution < -0.4 is 4.74 Å². The van der Waals surface area contributed by atoms with E-state index in [-0.39, 0.29) is 24.4 Å². The number of likely N-dealkylation sites (tertiary alicyclic amines) is 1. The van der Waals surface area contributed by atoms with Gasteiger partial charge in [0.1, 0.15) is 5.75 Å². The van der Waals surface area contributed by atoms with Crippen LogP contribution in [0.1, 0.15) is 19.8 Å². The van der Waals surface area contributed by atoms with Crippen molar-refractivity contribution in [2.24, 2.45) is 5.92 Å². The zero-order chi connectivity index (χ0) is 17.7. The van der Waals surface area contributed by atoms with Gasteiger partial charge in [-0.3, -0.25) is 9.59 Å². The molecule has 1 aromatic rings. The van der Waals surface area contributed by atoms with Crippen LogP contribution in [-0.4, -0.2) is 43.1 Å². The highest BCUT2D eigenvalue weighted by molar-refractivity contribution is 6.43. The maximum absolute atomic E-state index is 12.2. The first-order valence-corrected chi connectivity index (χ1v) is 8.77. The minimum atomic E-state index is -0.191. The zero-order valence-electron chi connectivity index (χ0n) is 13.2. The Morgan fingerprint density at radius 2 is 1.75 bits per heavy atom. The third-order valence-electron chi connectivity index (χ3n) is 3.79. The standard InChI is InChI=1S/C16H18Cl3NO4/c1-2-23-16(22)10-3-5-20(6-4-10)15(21)9-24-14-8-12(18)11(17)7-13(14)19/h7-8,10H,2-6,9H2,1H3. The molecule has 0 atom stereocenters. The van der Waals surface area contributed by atoms with E-state index in [0.717, 1.165) is 0 Å². The number of amides is 1. The van der Waals surface area contributed by atoms with Crippen LogP contribution in [0.25, 0.3) is 0 Å². The first kappa shape index (κ1) is 19.2. The van der Waals surface area contributed by atoms with E-state index < -0.39 is 0 Å². The Labute approximate surface area is 155 Å². The summed E-state index contributed by atoms with van der Waals surface area (Å²) < 4.78 is 10.5. The fourth-order valence-corrected chi connectivity index (χ4v) is 3.06. The molecule has 1 fully saturated rings. The second kappa shape index (κ2) is 8.79. The molecule has 0 bridgehead atoms. The fraction of sp³-hybridized carbons (Fsp3) is 0.500. The van der Waals surface area contributed by atoms with Crippen molar-refractivity contribution in [2.45, 2.75) is 19.8 Å². The summed E-state index contributed by atoms with van der Waals surface area (Å²) in [6.45, 7) is 3.00. The van der Waals surface area contributed by atoms with Crippen molar-refractivity contribution >= 4 is 46.7 Å². The number of piperidine rings is 1. The van der Waals surface area contributed by atoms with Gasteiger partial charge < -0.3 is 14.4 Å². The number of ether oxygens (including phenoxy) is 2. The Hall–Kier alpha value is -1.17. The van der Waals surface area contributed by atoms with Crippen LogP contribution in [0.3, 0.4) is 0 Å². The number of esters is 1. The van der Waals surface area contributed by atoms with Crippen molar-refractivity contribution in [3.8, 4) is 5.75 Å². The highest BCUT2D eigenvalue weighted by Crippen LogP contribution is 2.33. The van der Waals surface area contributed by atoms with Gasteiger partial charge in [-0.1, -0.05) is 34.8 Å². The molecule has 0 saturated carbocycles. The van der Waals surface area contributed by atoms with E-state index in [2.05, 4.69) is 0 Å². The predicted octanol–water partition coefficient (Wildman–Crippen LogP) is 3.83. The molecule has 1 amide bonds. The smallest absolute Gasteiger partial charge is 0.309 e. The van der Waals surface area contributed by atoms with Gasteiger partial charge >= 0.3 is 5.97 Å². The largest absolute Gasteiger partial charge is 0.482 e. The number of carbonyl (C=O) groups is 2. The zero-order valence-corrected chi connectivity index (χ0v) is 15.5. The summed E-state index contributed by atoms with van der Waals surface area (Å²) in [4.78, 5) is 25.6. The number of halogens is 3. The molecule has 0 radical (unpaired) electrons. The Morgan fingerprint density at radius 1 is 1.12 bits per heavy atom. The SMILES string of the molecule is CCOC(=O)C1CCN(C(=O)COc2cc(Cl)c(Cl)cc2Cl)CC1. The molecule has 0 aromatic heterocycles. The average molecular weight is 395 g/mol. The Morgan fingerprint density at radius 3 is 2.38 bits per heavy atom. The molecular formula is C16H18Cl3NO4. The molecule has 1 heterocycles. The lowest BCUT2D eigenvalue weighted by Crippen LogP contribution is -2.42. The molecule has 2 rings (SSSR count). The molecule has 132 valence electrons. The van der Waals surface area contributed by atoms with E-state index in [4.69, 9.17) is 44.3 Å². The molecule has 1 aliphatic heterocycles. The molecule has 1 aliphatic rings. The quantitative estimate of drug-likeness (QED) is 0.562. The number of hydrogen-bond donors (Lipinski definition) is 0. The van der Waals surface area contributed by atoms with Gasteiger partial charge in [-0.05, 0) is 25.8 Å². The molecule has 0 unspecified atom stereocenters. The summed E-state index contributed by atoms with van der Waals surface area (Å²) >= 11 is 17.8. The van der Waals surface area contributed by atoms with Crippen LogP contribution in [0.2, 0.25) is 15.1 Å². The van der Waals surface area contributed by atoms with Gasteiger partial charge in [0.05, 0.1) is 27.6 Å². The number of hydrogen-bond acceptors (Lipinski definition) is 4. The van der Waals surface area contributed by atoms with Crippen molar-refractivity contribution in [3.05, 3.63) is 27.2 Å². The molecule has 0 spiro atoms. The number of benzene rings is 1. The van der Waals surface area contributed by atoms with Gasteiger partial charge in [-0.15, -0.1) is 0 Å². The second-order valence-electron chi connectivity index (χ2n) is 5.39. The van der Waals surface area contributed by atoms with Crippen molar-refractivity contribution in [2.75, 3.05) is 26.3 Å². The van der Waals surface area contributed by atoms with Gasteiger partial charge in [0.25, 0.3) is 5.91 Å². The Bertz CT molecular complexity index is 616. The van der Waals surface area contributed by atoms with E-state index in [9.17, 15) is 9.59 Å².